The number of benzene rings is 14. The summed E-state index contributed by atoms with van der Waals surface area (Å²) in [5.74, 6) is 0. The highest BCUT2D eigenvalue weighted by Gasteiger charge is 2.56. The molecule has 18 heteroatoms. The van der Waals surface area contributed by atoms with Crippen molar-refractivity contribution in [2.45, 2.75) is 156 Å². The van der Waals surface area contributed by atoms with Crippen LogP contribution in [0.1, 0.15) is 111 Å². The average molecular weight is 1780 g/mol. The zero-order valence-electron chi connectivity index (χ0n) is 77.3. The topological polar surface area (TPSA) is 113 Å². The molecule has 0 aliphatic carbocycles. The lowest BCUT2D eigenvalue weighted by molar-refractivity contribution is 0.00578. The van der Waals surface area contributed by atoms with Gasteiger partial charge in [-0.25, -0.2) is 0 Å². The van der Waals surface area contributed by atoms with Crippen LogP contribution in [0.5, 0.6) is 0 Å². The summed E-state index contributed by atoms with van der Waals surface area (Å²) in [6.07, 6.45) is 7.46. The molecule has 4 aliphatic heterocycles. The Balaban J connectivity index is 0.000000106. The number of para-hydroxylation sites is 1. The summed E-state index contributed by atoms with van der Waals surface area (Å²) < 4.78 is 65.5. The molecule has 10 heterocycles. The highest BCUT2D eigenvalue weighted by molar-refractivity contribution is 7.27. The van der Waals surface area contributed by atoms with Crippen LogP contribution in [0.4, 0.5) is 0 Å². The quantitative estimate of drug-likeness (QED) is 0.122. The number of aromatic nitrogens is 2. The smallest absolute Gasteiger partial charge is 0.456 e. The van der Waals surface area contributed by atoms with E-state index in [1.807, 2.05) is 70.9 Å². The first-order valence-electron chi connectivity index (χ1n) is 45.5. The molecule has 0 spiro atoms. The van der Waals surface area contributed by atoms with Gasteiger partial charge in [-0.1, -0.05) is 237 Å². The average Bonchev–Trinajstić information content (AvgIpc) is 1.58. The van der Waals surface area contributed by atoms with Gasteiger partial charge in [-0.05, 0) is 282 Å². The highest BCUT2D eigenvalue weighted by atomic mass is 32.1. The SMILES string of the molecule is CC1(C)OB(c2cc(-c3ccccc3)cc3sc4ccccc4c23)OC1(C)C.CC1(C)OB(c2ccc(-c3cc(-c4ccccc4)cc4sc5ccccc5c34)cc2)OC1(C)C.CC1(C)OB(c2ccc(-c3cccc(-c4cccnc4)c3)c3sc4ccccc4c23)OC1(C)C.CC1(C)OB(c2cccc3c2oc2cc(-c4ccc5cnccc5c4)c4ccccc4c23)OC1(C)C. The van der Waals surface area contributed by atoms with E-state index in [-0.39, 0.29) is 47.8 Å². The van der Waals surface area contributed by atoms with Gasteiger partial charge < -0.3 is 41.7 Å². The van der Waals surface area contributed by atoms with Gasteiger partial charge in [0.25, 0.3) is 0 Å². The lowest BCUT2D eigenvalue weighted by Crippen LogP contribution is -2.41. The molecule has 20 aromatic rings. The molecule has 0 amide bonds. The molecular formula is C114H102B4N2O9S3. The van der Waals surface area contributed by atoms with Crippen LogP contribution < -0.4 is 21.9 Å². The van der Waals surface area contributed by atoms with Gasteiger partial charge in [-0.2, -0.15) is 0 Å². The molecule has 0 saturated carbocycles. The number of rotatable bonds is 10. The Morgan fingerprint density at radius 1 is 0.235 bits per heavy atom. The Kier molecular flexibility index (Phi) is 21.9. The number of furan rings is 1. The largest absolute Gasteiger partial charge is 0.498 e. The highest BCUT2D eigenvalue weighted by Crippen LogP contribution is 2.49. The van der Waals surface area contributed by atoms with Crippen molar-refractivity contribution in [1.29, 1.82) is 0 Å². The van der Waals surface area contributed by atoms with Crippen LogP contribution in [0.2, 0.25) is 0 Å². The van der Waals surface area contributed by atoms with Crippen molar-refractivity contribution in [2.24, 2.45) is 0 Å². The van der Waals surface area contributed by atoms with Crippen molar-refractivity contribution < 1.29 is 41.7 Å². The molecule has 0 atom stereocenters. The van der Waals surface area contributed by atoms with Crippen LogP contribution in [0.25, 0.3) is 171 Å². The van der Waals surface area contributed by atoms with Gasteiger partial charge in [0.05, 0.1) is 44.8 Å². The summed E-state index contributed by atoms with van der Waals surface area (Å²) in [6.45, 7) is 33.5. The lowest BCUT2D eigenvalue weighted by Gasteiger charge is -2.32. The minimum Gasteiger partial charge on any atom is -0.456 e. The molecule has 0 radical (unpaired) electrons. The molecule has 24 rings (SSSR count). The zero-order chi connectivity index (χ0) is 91.2. The van der Waals surface area contributed by atoms with Gasteiger partial charge in [0.1, 0.15) is 11.2 Å². The third kappa shape index (κ3) is 15.6. The van der Waals surface area contributed by atoms with Crippen LogP contribution >= 0.6 is 34.0 Å². The third-order valence-electron chi connectivity index (χ3n) is 28.7. The maximum Gasteiger partial charge on any atom is 0.498 e. The van der Waals surface area contributed by atoms with Gasteiger partial charge in [0.2, 0.25) is 0 Å². The van der Waals surface area contributed by atoms with E-state index >= 15 is 0 Å². The van der Waals surface area contributed by atoms with E-state index in [1.165, 1.54) is 121 Å². The second-order valence-electron chi connectivity index (χ2n) is 39.2. The third-order valence-corrected chi connectivity index (χ3v) is 32.1. The van der Waals surface area contributed by atoms with Gasteiger partial charge in [0, 0.05) is 102 Å². The Labute approximate surface area is 784 Å². The van der Waals surface area contributed by atoms with E-state index in [9.17, 15) is 0 Å². The first-order chi connectivity index (χ1) is 63.3. The predicted molar refractivity (Wildman–Crippen MR) is 558 cm³/mol. The minimum atomic E-state index is -0.487. The van der Waals surface area contributed by atoms with E-state index in [0.29, 0.717) is 0 Å². The van der Waals surface area contributed by atoms with Crippen LogP contribution in [-0.2, 0) is 37.2 Å². The Morgan fingerprint density at radius 2 is 0.689 bits per heavy atom. The fourth-order valence-electron chi connectivity index (χ4n) is 18.5. The zero-order valence-corrected chi connectivity index (χ0v) is 79.7. The van der Waals surface area contributed by atoms with E-state index in [1.54, 1.807) is 0 Å². The Bertz CT molecular complexity index is 7800. The number of hydrogen-bond donors (Lipinski definition) is 0. The maximum atomic E-state index is 6.62. The van der Waals surface area contributed by atoms with Crippen molar-refractivity contribution in [2.75, 3.05) is 0 Å². The Hall–Kier alpha value is -11.7. The standard InChI is InChI=1S/C31H26BNO3.C30H27BO2S.C29H26BNO2S.C24H23BO2S/c1-30(2)31(3,4)36-32(35-30)26-11-7-10-24-28-23-9-6-5-8-22(23)25(17-27(28)34-29(24)26)20-12-13-21-18-33-15-14-19(21)16-20;1-29(2)30(3,4)33-31(32-29)23-16-14-21(15-17-23)25-18-22(20-10-6-5-7-11-20)19-27-28(25)24-12-8-9-13-26(24)34-27;1-28(2)29(3,4)33-30(32-28)24-15-14-22(27-26(24)23-12-5-6-13-25(23)34-27)20-10-7-9-19(17-20)21-11-8-16-31-18-21;1-23(2)24(3,4)27-25(26-23)19-14-17(16-10-6-5-7-11-16)15-21-22(19)18-12-8-9-13-20(18)28-21/h5-18H,1-4H3;5-19H,1-4H3;5-18H,1-4H3;5-15H,1-4H3. The van der Waals surface area contributed by atoms with E-state index in [0.717, 1.165) is 71.4 Å². The lowest BCUT2D eigenvalue weighted by atomic mass is 9.75. The summed E-state index contributed by atoms with van der Waals surface area (Å²) in [5.41, 5.74) is 17.2. The van der Waals surface area contributed by atoms with Crippen LogP contribution in [0, 0.1) is 0 Å². The van der Waals surface area contributed by atoms with Crippen LogP contribution in [0.15, 0.2) is 333 Å². The molecule has 11 nitrogen and oxygen atoms in total. The van der Waals surface area contributed by atoms with Gasteiger partial charge in [0.15, 0.2) is 0 Å². The number of thiophene rings is 3. The molecule has 14 aromatic carbocycles. The summed E-state index contributed by atoms with van der Waals surface area (Å²) >= 11 is 5.53. The first-order valence-corrected chi connectivity index (χ1v) is 48.0. The monoisotopic (exact) mass is 1780 g/mol. The fraction of sp³-hybridized carbons (Fsp3) is 0.211. The normalized spacial score (nSPS) is 17.3. The van der Waals surface area contributed by atoms with E-state index in [4.69, 9.17) is 41.7 Å². The predicted octanol–water partition coefficient (Wildman–Crippen LogP) is 28.0. The van der Waals surface area contributed by atoms with Crippen molar-refractivity contribution in [3.05, 3.63) is 328 Å². The van der Waals surface area contributed by atoms with Crippen molar-refractivity contribution in [1.82, 2.24) is 9.97 Å². The molecule has 6 aromatic heterocycles. The maximum absolute atomic E-state index is 6.62. The molecule has 4 aliphatic rings. The van der Waals surface area contributed by atoms with E-state index < -0.39 is 25.4 Å². The van der Waals surface area contributed by atoms with Gasteiger partial charge in [-0.3, -0.25) is 9.97 Å². The Morgan fingerprint density at radius 3 is 1.28 bits per heavy atom. The second kappa shape index (κ2) is 33.2. The summed E-state index contributed by atoms with van der Waals surface area (Å²) in [6, 6.07) is 108. The minimum absolute atomic E-state index is 0.345. The number of pyridine rings is 2. The summed E-state index contributed by atoms with van der Waals surface area (Å²) in [7, 11) is -1.62. The molecule has 0 bridgehead atoms. The number of hydrogen-bond acceptors (Lipinski definition) is 14. The molecule has 0 unspecified atom stereocenters. The van der Waals surface area contributed by atoms with Crippen LogP contribution in [0.3, 0.4) is 0 Å². The summed E-state index contributed by atoms with van der Waals surface area (Å²) in [4.78, 5) is 8.55. The van der Waals surface area contributed by atoms with Gasteiger partial charge >= 0.3 is 28.5 Å². The second-order valence-corrected chi connectivity index (χ2v) is 42.4. The molecule has 4 fully saturated rings. The fourth-order valence-corrected chi connectivity index (χ4v) is 22.1. The van der Waals surface area contributed by atoms with Gasteiger partial charge in [-0.15, -0.1) is 34.0 Å². The number of fused-ring (bicyclic) bond motifs is 15. The molecule has 4 saturated heterocycles. The molecule has 652 valence electrons. The first kappa shape index (κ1) is 87.0. The molecule has 132 heavy (non-hydrogen) atoms. The molecular weight excluding hydrogens is 1680 g/mol. The number of nitrogens with zero attached hydrogens (tertiary/aromatic N) is 2. The van der Waals surface area contributed by atoms with Crippen molar-refractivity contribution in [3.8, 4) is 66.8 Å². The van der Waals surface area contributed by atoms with Crippen molar-refractivity contribution >= 4 is 188 Å². The van der Waals surface area contributed by atoms with Crippen LogP contribution in [-0.4, -0.2) is 83.2 Å². The summed E-state index contributed by atoms with van der Waals surface area (Å²) in [5, 5.41) is 14.5. The van der Waals surface area contributed by atoms with Crippen molar-refractivity contribution in [3.63, 3.8) is 0 Å². The molecule has 0 N–H and O–H groups in total. The van der Waals surface area contributed by atoms with E-state index in [2.05, 4.69) is 412 Å².